The summed E-state index contributed by atoms with van der Waals surface area (Å²) in [6.45, 7) is 0. The van der Waals surface area contributed by atoms with E-state index in [9.17, 15) is 9.90 Å². The second kappa shape index (κ2) is 4.69. The summed E-state index contributed by atoms with van der Waals surface area (Å²) in [5.41, 5.74) is 0. The molecule has 0 saturated heterocycles. The van der Waals surface area contributed by atoms with Gasteiger partial charge < -0.3 is 14.6 Å². The van der Waals surface area contributed by atoms with Crippen LogP contribution in [0.3, 0.4) is 0 Å². The Morgan fingerprint density at radius 1 is 1.46 bits per heavy atom. The van der Waals surface area contributed by atoms with E-state index in [-0.39, 0.29) is 11.7 Å². The van der Waals surface area contributed by atoms with Gasteiger partial charge in [-0.15, -0.1) is 0 Å². The lowest BCUT2D eigenvalue weighted by molar-refractivity contribution is -0.179. The molecule has 1 aliphatic rings. The Morgan fingerprint density at radius 2 is 2.08 bits per heavy atom. The van der Waals surface area contributed by atoms with Crippen molar-refractivity contribution in [2.75, 3.05) is 14.2 Å². The molecule has 1 fully saturated rings. The number of aliphatic hydroxyl groups is 1. The first-order valence-electron chi connectivity index (χ1n) is 4.47. The van der Waals surface area contributed by atoms with Crippen molar-refractivity contribution in [1.29, 1.82) is 0 Å². The number of ether oxygens (including phenoxy) is 2. The Labute approximate surface area is 77.8 Å². The lowest BCUT2D eigenvalue weighted by Crippen LogP contribution is -2.38. The summed E-state index contributed by atoms with van der Waals surface area (Å²) in [6.07, 6.45) is 0.656. The van der Waals surface area contributed by atoms with Crippen molar-refractivity contribution >= 4 is 5.78 Å². The Morgan fingerprint density at radius 3 is 2.46 bits per heavy atom. The molecule has 0 aromatic rings. The van der Waals surface area contributed by atoms with Gasteiger partial charge in [-0.05, 0) is 12.8 Å². The van der Waals surface area contributed by atoms with Gasteiger partial charge in [0.05, 0.1) is 0 Å². The fraction of sp³-hybridized carbons (Fsp3) is 0.889. The Kier molecular flexibility index (Phi) is 3.84. The first kappa shape index (κ1) is 10.6. The van der Waals surface area contributed by atoms with Crippen molar-refractivity contribution in [2.24, 2.45) is 5.92 Å². The smallest absolute Gasteiger partial charge is 0.183 e. The van der Waals surface area contributed by atoms with Crippen LogP contribution in [-0.4, -0.2) is 37.5 Å². The van der Waals surface area contributed by atoms with E-state index in [4.69, 9.17) is 9.47 Å². The van der Waals surface area contributed by atoms with Crippen LogP contribution < -0.4 is 0 Å². The van der Waals surface area contributed by atoms with Crippen LogP contribution in [0.5, 0.6) is 0 Å². The van der Waals surface area contributed by atoms with Crippen molar-refractivity contribution in [3.63, 3.8) is 0 Å². The molecule has 4 heteroatoms. The van der Waals surface area contributed by atoms with Gasteiger partial charge in [0.25, 0.3) is 0 Å². The van der Waals surface area contributed by atoms with E-state index in [2.05, 4.69) is 0 Å². The standard InChI is InChI=1S/C9H16O4/c1-12-9(13-2)8(11)6-4-3-5-7(6)10/h6,8-9,11H,3-5H2,1-2H3/t6-,8+/m0/s1. The molecule has 0 radical (unpaired) electrons. The third-order valence-corrected chi connectivity index (χ3v) is 2.51. The molecule has 1 aliphatic carbocycles. The van der Waals surface area contributed by atoms with Crippen molar-refractivity contribution in [3.8, 4) is 0 Å². The second-order valence-electron chi connectivity index (χ2n) is 3.30. The number of hydrogen-bond acceptors (Lipinski definition) is 4. The van der Waals surface area contributed by atoms with Crippen LogP contribution in [0.4, 0.5) is 0 Å². The molecule has 1 N–H and O–H groups in total. The zero-order valence-corrected chi connectivity index (χ0v) is 8.03. The van der Waals surface area contributed by atoms with E-state index in [1.807, 2.05) is 0 Å². The maximum absolute atomic E-state index is 11.3. The van der Waals surface area contributed by atoms with Crippen molar-refractivity contribution in [3.05, 3.63) is 0 Å². The fourth-order valence-corrected chi connectivity index (χ4v) is 1.77. The minimum absolute atomic E-state index is 0.117. The Hall–Kier alpha value is -0.450. The quantitative estimate of drug-likeness (QED) is 0.646. The van der Waals surface area contributed by atoms with Crippen LogP contribution in [-0.2, 0) is 14.3 Å². The van der Waals surface area contributed by atoms with Crippen LogP contribution in [0, 0.1) is 5.92 Å². The molecule has 0 spiro atoms. The molecule has 0 aromatic heterocycles. The maximum atomic E-state index is 11.3. The van der Waals surface area contributed by atoms with E-state index in [0.29, 0.717) is 6.42 Å². The normalized spacial score (nSPS) is 25.5. The molecule has 0 amide bonds. The van der Waals surface area contributed by atoms with Crippen LogP contribution in [0.15, 0.2) is 0 Å². The van der Waals surface area contributed by atoms with E-state index < -0.39 is 12.4 Å². The summed E-state index contributed by atoms with van der Waals surface area (Å²) in [5.74, 6) is -0.184. The number of Topliss-reactive ketones (excluding diaryl/α,β-unsaturated/α-hetero) is 1. The van der Waals surface area contributed by atoms with E-state index in [1.165, 1.54) is 14.2 Å². The summed E-state index contributed by atoms with van der Waals surface area (Å²) in [5, 5.41) is 9.71. The number of ketones is 1. The summed E-state index contributed by atoms with van der Waals surface area (Å²) >= 11 is 0. The predicted molar refractivity (Wildman–Crippen MR) is 46.2 cm³/mol. The minimum Gasteiger partial charge on any atom is -0.387 e. The zero-order valence-electron chi connectivity index (χ0n) is 8.03. The van der Waals surface area contributed by atoms with Crippen molar-refractivity contribution < 1.29 is 19.4 Å². The summed E-state index contributed by atoms with van der Waals surface area (Å²) in [7, 11) is 2.91. The van der Waals surface area contributed by atoms with Crippen LogP contribution in [0.2, 0.25) is 0 Å². The Bertz CT molecular complexity index is 176. The van der Waals surface area contributed by atoms with Crippen LogP contribution in [0.25, 0.3) is 0 Å². The number of methoxy groups -OCH3 is 2. The predicted octanol–water partition coefficient (Wildman–Crippen LogP) is 0.335. The molecular weight excluding hydrogens is 172 g/mol. The van der Waals surface area contributed by atoms with Gasteiger partial charge in [-0.3, -0.25) is 4.79 Å². The third-order valence-electron chi connectivity index (χ3n) is 2.51. The SMILES string of the molecule is COC(OC)[C@H](O)[C@H]1CCCC1=O. The van der Waals surface area contributed by atoms with Gasteiger partial charge in [-0.1, -0.05) is 0 Å². The summed E-state index contributed by atoms with van der Waals surface area (Å²) in [4.78, 5) is 11.3. The minimum atomic E-state index is -0.829. The number of aliphatic hydroxyl groups excluding tert-OH is 1. The number of rotatable bonds is 4. The largest absolute Gasteiger partial charge is 0.387 e. The molecule has 13 heavy (non-hydrogen) atoms. The molecule has 0 bridgehead atoms. The second-order valence-corrected chi connectivity index (χ2v) is 3.30. The van der Waals surface area contributed by atoms with Crippen LogP contribution >= 0.6 is 0 Å². The lowest BCUT2D eigenvalue weighted by Gasteiger charge is -2.23. The zero-order chi connectivity index (χ0) is 9.84. The highest BCUT2D eigenvalue weighted by Crippen LogP contribution is 2.26. The molecule has 76 valence electrons. The van der Waals surface area contributed by atoms with Gasteiger partial charge in [0.1, 0.15) is 11.9 Å². The molecule has 0 aromatic carbocycles. The highest BCUT2D eigenvalue weighted by molar-refractivity contribution is 5.83. The maximum Gasteiger partial charge on any atom is 0.183 e. The molecule has 0 unspecified atom stereocenters. The average molecular weight is 188 g/mol. The van der Waals surface area contributed by atoms with Gasteiger partial charge in [0, 0.05) is 26.6 Å². The molecule has 4 nitrogen and oxygen atoms in total. The van der Waals surface area contributed by atoms with Gasteiger partial charge in [-0.2, -0.15) is 0 Å². The highest BCUT2D eigenvalue weighted by Gasteiger charge is 2.35. The van der Waals surface area contributed by atoms with E-state index >= 15 is 0 Å². The average Bonchev–Trinajstić information content (AvgIpc) is 2.53. The topological polar surface area (TPSA) is 55.8 Å². The molecule has 1 saturated carbocycles. The third kappa shape index (κ3) is 2.27. The van der Waals surface area contributed by atoms with E-state index in [1.54, 1.807) is 0 Å². The first-order valence-corrected chi connectivity index (χ1v) is 4.47. The van der Waals surface area contributed by atoms with Gasteiger partial charge in [0.15, 0.2) is 6.29 Å². The number of hydrogen-bond donors (Lipinski definition) is 1. The van der Waals surface area contributed by atoms with Gasteiger partial charge in [0.2, 0.25) is 0 Å². The van der Waals surface area contributed by atoms with Crippen molar-refractivity contribution in [2.45, 2.75) is 31.7 Å². The Balaban J connectivity index is 2.54. The van der Waals surface area contributed by atoms with E-state index in [0.717, 1.165) is 12.8 Å². The molecule has 2 atom stereocenters. The first-order chi connectivity index (χ1) is 6.20. The lowest BCUT2D eigenvalue weighted by atomic mass is 9.99. The highest BCUT2D eigenvalue weighted by atomic mass is 16.7. The number of carbonyl (C=O) groups is 1. The summed E-state index contributed by atoms with van der Waals surface area (Å²) < 4.78 is 9.80. The fourth-order valence-electron chi connectivity index (χ4n) is 1.77. The molecule has 0 aliphatic heterocycles. The van der Waals surface area contributed by atoms with Crippen molar-refractivity contribution in [1.82, 2.24) is 0 Å². The monoisotopic (exact) mass is 188 g/mol. The van der Waals surface area contributed by atoms with Gasteiger partial charge in [-0.25, -0.2) is 0 Å². The summed E-state index contributed by atoms with van der Waals surface area (Å²) in [6, 6.07) is 0. The molecular formula is C9H16O4. The number of carbonyl (C=O) groups excluding carboxylic acids is 1. The molecule has 1 rings (SSSR count). The van der Waals surface area contributed by atoms with Crippen LogP contribution in [0.1, 0.15) is 19.3 Å². The van der Waals surface area contributed by atoms with Gasteiger partial charge >= 0.3 is 0 Å². The molecule has 0 heterocycles.